The minimum Gasteiger partial charge on any atom is -0.478 e. The van der Waals surface area contributed by atoms with Crippen molar-refractivity contribution in [1.29, 1.82) is 0 Å². The molecule has 0 spiro atoms. The van der Waals surface area contributed by atoms with Crippen LogP contribution in [0.4, 0.5) is 26.3 Å². The predicted molar refractivity (Wildman–Crippen MR) is 38.6 cm³/mol. The molecule has 0 aromatic rings. The highest BCUT2D eigenvalue weighted by atomic mass is 19.4. The number of aliphatic carboxylic acids is 1. The molecule has 0 saturated carbocycles. The molecule has 0 saturated heterocycles. The Morgan fingerprint density at radius 3 is 1.94 bits per heavy atom. The number of carbonyl (C=O) groups is 1. The number of ether oxygens (including phenoxy) is 1. The van der Waals surface area contributed by atoms with Crippen molar-refractivity contribution >= 4 is 5.97 Å². The summed E-state index contributed by atoms with van der Waals surface area (Å²) < 4.78 is 74.4. The molecule has 0 bridgehead atoms. The molecule has 0 amide bonds. The lowest BCUT2D eigenvalue weighted by Gasteiger charge is -2.22. The van der Waals surface area contributed by atoms with E-state index in [2.05, 4.69) is 4.74 Å². The number of halogens is 6. The number of carboxylic acid groups (broad SMARTS) is 1. The molecule has 94 valence electrons. The normalized spacial score (nSPS) is 13.7. The SMILES string of the molecule is O=C(O)/C=C/COC(C(F)(F)F)C(F)(F)F. The smallest absolute Gasteiger partial charge is 0.423 e. The maximum absolute atomic E-state index is 11.8. The van der Waals surface area contributed by atoms with Gasteiger partial charge >= 0.3 is 18.3 Å². The predicted octanol–water partition coefficient (Wildman–Crippen LogP) is 2.14. The van der Waals surface area contributed by atoms with Crippen LogP contribution in [0, 0.1) is 0 Å². The number of carboxylic acids is 1. The van der Waals surface area contributed by atoms with Crippen LogP contribution >= 0.6 is 0 Å². The first-order chi connectivity index (χ1) is 7.05. The van der Waals surface area contributed by atoms with Gasteiger partial charge in [-0.05, 0) is 0 Å². The summed E-state index contributed by atoms with van der Waals surface area (Å²) in [6.07, 6.45) is -14.2. The molecule has 16 heavy (non-hydrogen) atoms. The molecule has 0 aromatic heterocycles. The van der Waals surface area contributed by atoms with Crippen molar-refractivity contribution < 1.29 is 41.0 Å². The maximum atomic E-state index is 11.8. The fourth-order valence-electron chi connectivity index (χ4n) is 0.675. The largest absolute Gasteiger partial charge is 0.478 e. The van der Waals surface area contributed by atoms with Gasteiger partial charge < -0.3 is 9.84 Å². The van der Waals surface area contributed by atoms with Crippen molar-refractivity contribution in [3.8, 4) is 0 Å². The molecule has 0 aliphatic carbocycles. The minimum atomic E-state index is -5.59. The Morgan fingerprint density at radius 1 is 1.19 bits per heavy atom. The van der Waals surface area contributed by atoms with E-state index in [4.69, 9.17) is 5.11 Å². The van der Waals surface area contributed by atoms with Gasteiger partial charge in [0.2, 0.25) is 6.10 Å². The summed E-state index contributed by atoms with van der Waals surface area (Å²) >= 11 is 0. The topological polar surface area (TPSA) is 46.5 Å². The summed E-state index contributed by atoms with van der Waals surface area (Å²) in [6.45, 7) is -1.10. The third-order valence-electron chi connectivity index (χ3n) is 1.21. The molecule has 0 atom stereocenters. The quantitative estimate of drug-likeness (QED) is 0.615. The fourth-order valence-corrected chi connectivity index (χ4v) is 0.675. The summed E-state index contributed by atoms with van der Waals surface area (Å²) in [5.74, 6) is -1.50. The molecule has 0 radical (unpaired) electrons. The van der Waals surface area contributed by atoms with E-state index in [1.54, 1.807) is 0 Å². The molecule has 0 rings (SSSR count). The summed E-state index contributed by atoms with van der Waals surface area (Å²) in [7, 11) is 0. The lowest BCUT2D eigenvalue weighted by Crippen LogP contribution is -2.44. The van der Waals surface area contributed by atoms with Crippen molar-refractivity contribution in [1.82, 2.24) is 0 Å². The van der Waals surface area contributed by atoms with E-state index < -0.39 is 31.0 Å². The average Bonchev–Trinajstić information content (AvgIpc) is 1.97. The summed E-state index contributed by atoms with van der Waals surface area (Å²) in [5, 5.41) is 8.01. The highest BCUT2D eigenvalue weighted by Crippen LogP contribution is 2.35. The van der Waals surface area contributed by atoms with Crippen molar-refractivity contribution in [2.45, 2.75) is 18.5 Å². The van der Waals surface area contributed by atoms with E-state index in [0.29, 0.717) is 12.2 Å². The number of rotatable bonds is 4. The zero-order valence-electron chi connectivity index (χ0n) is 7.47. The Bertz CT molecular complexity index is 252. The maximum Gasteiger partial charge on any atom is 0.423 e. The van der Waals surface area contributed by atoms with Gasteiger partial charge in [0.1, 0.15) is 0 Å². The molecule has 0 aromatic carbocycles. The third-order valence-corrected chi connectivity index (χ3v) is 1.21. The van der Waals surface area contributed by atoms with Crippen LogP contribution in [0.1, 0.15) is 0 Å². The zero-order chi connectivity index (χ0) is 13.0. The molecule has 1 N–H and O–H groups in total. The first-order valence-electron chi connectivity index (χ1n) is 3.69. The molecule has 0 unspecified atom stereocenters. The second kappa shape index (κ2) is 5.19. The van der Waals surface area contributed by atoms with Gasteiger partial charge in [0.05, 0.1) is 6.61 Å². The second-order valence-electron chi connectivity index (χ2n) is 2.54. The van der Waals surface area contributed by atoms with E-state index in [1.807, 2.05) is 0 Å². The second-order valence-corrected chi connectivity index (χ2v) is 2.54. The monoisotopic (exact) mass is 252 g/mol. The molecule has 9 heteroatoms. The molecule has 0 fully saturated rings. The van der Waals surface area contributed by atoms with Gasteiger partial charge in [-0.2, -0.15) is 26.3 Å². The van der Waals surface area contributed by atoms with Crippen LogP contribution in [0.5, 0.6) is 0 Å². The van der Waals surface area contributed by atoms with Crippen LogP contribution in [0.25, 0.3) is 0 Å². The van der Waals surface area contributed by atoms with Gasteiger partial charge in [-0.25, -0.2) is 4.79 Å². The van der Waals surface area contributed by atoms with E-state index in [0.717, 1.165) is 0 Å². The zero-order valence-corrected chi connectivity index (χ0v) is 7.47. The standard InChI is InChI=1S/C7H6F6O3/c8-6(9,10)5(7(11,12)13)16-3-1-2-4(14)15/h1-2,5H,3H2,(H,14,15)/b2-1+. The van der Waals surface area contributed by atoms with Crippen molar-refractivity contribution in [3.05, 3.63) is 12.2 Å². The number of hydrogen-bond donors (Lipinski definition) is 1. The Balaban J connectivity index is 4.43. The molecule has 0 heterocycles. The van der Waals surface area contributed by atoms with Gasteiger partial charge in [-0.3, -0.25) is 0 Å². The summed E-state index contributed by atoms with van der Waals surface area (Å²) in [4.78, 5) is 9.85. The molecule has 0 aliphatic rings. The number of alkyl halides is 6. The van der Waals surface area contributed by atoms with Crippen molar-refractivity contribution in [2.75, 3.05) is 6.61 Å². The number of hydrogen-bond acceptors (Lipinski definition) is 2. The summed E-state index contributed by atoms with van der Waals surface area (Å²) in [6, 6.07) is 0. The van der Waals surface area contributed by atoms with E-state index in [1.165, 1.54) is 0 Å². The van der Waals surface area contributed by atoms with Gasteiger partial charge in [0.15, 0.2) is 0 Å². The van der Waals surface area contributed by atoms with Crippen LogP contribution < -0.4 is 0 Å². The van der Waals surface area contributed by atoms with Crippen LogP contribution in [-0.4, -0.2) is 36.1 Å². The van der Waals surface area contributed by atoms with E-state index in [9.17, 15) is 31.1 Å². The molecular weight excluding hydrogens is 246 g/mol. The first-order valence-corrected chi connectivity index (χ1v) is 3.69. The van der Waals surface area contributed by atoms with Crippen molar-refractivity contribution in [2.24, 2.45) is 0 Å². The van der Waals surface area contributed by atoms with Crippen LogP contribution in [0.3, 0.4) is 0 Å². The highest BCUT2D eigenvalue weighted by Gasteiger charge is 2.57. The Hall–Kier alpha value is -1.25. The molecule has 3 nitrogen and oxygen atoms in total. The van der Waals surface area contributed by atoms with Gasteiger partial charge in [0.25, 0.3) is 0 Å². The minimum absolute atomic E-state index is 0.379. The Morgan fingerprint density at radius 2 is 1.62 bits per heavy atom. The van der Waals surface area contributed by atoms with Crippen LogP contribution in [0.2, 0.25) is 0 Å². The van der Waals surface area contributed by atoms with Crippen LogP contribution in [0.15, 0.2) is 12.2 Å². The summed E-state index contributed by atoms with van der Waals surface area (Å²) in [5.41, 5.74) is 0. The average molecular weight is 252 g/mol. The van der Waals surface area contributed by atoms with Gasteiger partial charge in [0, 0.05) is 6.08 Å². The van der Waals surface area contributed by atoms with Crippen LogP contribution in [-0.2, 0) is 9.53 Å². The Kier molecular flexibility index (Phi) is 4.79. The highest BCUT2D eigenvalue weighted by molar-refractivity contribution is 5.79. The lowest BCUT2D eigenvalue weighted by atomic mass is 10.3. The molecular formula is C7H6F6O3. The Labute approximate surface area is 85.3 Å². The van der Waals surface area contributed by atoms with E-state index in [-0.39, 0.29) is 0 Å². The van der Waals surface area contributed by atoms with Gasteiger partial charge in [-0.1, -0.05) is 6.08 Å². The van der Waals surface area contributed by atoms with Crippen molar-refractivity contribution in [3.63, 3.8) is 0 Å². The first kappa shape index (κ1) is 14.8. The third kappa shape index (κ3) is 5.59. The molecule has 0 aliphatic heterocycles. The van der Waals surface area contributed by atoms with E-state index >= 15 is 0 Å². The fraction of sp³-hybridized carbons (Fsp3) is 0.571. The lowest BCUT2D eigenvalue weighted by molar-refractivity contribution is -0.319. The van der Waals surface area contributed by atoms with Gasteiger partial charge in [-0.15, -0.1) is 0 Å².